The Morgan fingerprint density at radius 1 is 0.862 bits per heavy atom. The maximum Gasteiger partial charge on any atom is 0.416 e. The summed E-state index contributed by atoms with van der Waals surface area (Å²) in [5.74, 6) is 0.970. The van der Waals surface area contributed by atoms with Crippen LogP contribution in [0.3, 0.4) is 0 Å². The Bertz CT molecular complexity index is 812. The maximum absolute atomic E-state index is 12.7. The Kier molecular flexibility index (Phi) is 5.99. The highest BCUT2D eigenvalue weighted by atomic mass is 19.4. The summed E-state index contributed by atoms with van der Waals surface area (Å²) < 4.78 is 44.0. The van der Waals surface area contributed by atoms with E-state index in [9.17, 15) is 13.2 Å². The zero-order valence-electron chi connectivity index (χ0n) is 16.5. The van der Waals surface area contributed by atoms with Crippen molar-refractivity contribution in [3.8, 4) is 5.75 Å². The lowest BCUT2D eigenvalue weighted by Gasteiger charge is -2.36. The van der Waals surface area contributed by atoms with Crippen LogP contribution in [0.25, 0.3) is 0 Å². The SMILES string of the molecule is FC(F)(F)c1ccc(N2CCN(CCCOc3ccc4c(c3)CCC4)CC2)cc1. The molecule has 0 N–H and O–H groups in total. The highest BCUT2D eigenvalue weighted by molar-refractivity contribution is 5.48. The molecule has 0 amide bonds. The lowest BCUT2D eigenvalue weighted by atomic mass is 10.1. The van der Waals surface area contributed by atoms with Gasteiger partial charge in [-0.1, -0.05) is 6.07 Å². The van der Waals surface area contributed by atoms with Crippen molar-refractivity contribution in [3.63, 3.8) is 0 Å². The van der Waals surface area contributed by atoms with Crippen LogP contribution in [0, 0.1) is 0 Å². The number of aryl methyl sites for hydroxylation is 2. The summed E-state index contributed by atoms with van der Waals surface area (Å²) in [4.78, 5) is 4.55. The summed E-state index contributed by atoms with van der Waals surface area (Å²) in [5.41, 5.74) is 3.16. The minimum Gasteiger partial charge on any atom is -0.494 e. The number of fused-ring (bicyclic) bond motifs is 1. The van der Waals surface area contributed by atoms with Gasteiger partial charge in [0.2, 0.25) is 0 Å². The fourth-order valence-corrected chi connectivity index (χ4v) is 4.21. The normalized spacial score (nSPS) is 17.4. The zero-order valence-corrected chi connectivity index (χ0v) is 16.5. The Balaban J connectivity index is 1.17. The third-order valence-electron chi connectivity index (χ3n) is 5.89. The van der Waals surface area contributed by atoms with Gasteiger partial charge >= 0.3 is 6.18 Å². The number of benzene rings is 2. The monoisotopic (exact) mass is 404 g/mol. The van der Waals surface area contributed by atoms with Crippen molar-refractivity contribution in [1.82, 2.24) is 4.90 Å². The molecule has 0 saturated carbocycles. The van der Waals surface area contributed by atoms with Crippen LogP contribution in [-0.4, -0.2) is 44.2 Å². The van der Waals surface area contributed by atoms with E-state index < -0.39 is 11.7 Å². The molecule has 0 bridgehead atoms. The van der Waals surface area contributed by atoms with E-state index in [1.54, 1.807) is 12.1 Å². The van der Waals surface area contributed by atoms with E-state index in [1.165, 1.54) is 24.0 Å². The molecular weight excluding hydrogens is 377 g/mol. The smallest absolute Gasteiger partial charge is 0.416 e. The average Bonchev–Trinajstić information content (AvgIpc) is 3.19. The number of anilines is 1. The van der Waals surface area contributed by atoms with Crippen molar-refractivity contribution in [1.29, 1.82) is 0 Å². The third-order valence-corrected chi connectivity index (χ3v) is 5.89. The van der Waals surface area contributed by atoms with E-state index >= 15 is 0 Å². The second-order valence-electron chi connectivity index (χ2n) is 7.86. The second kappa shape index (κ2) is 8.66. The first kappa shape index (κ1) is 20.1. The number of halogens is 3. The molecule has 6 heteroatoms. The molecule has 1 saturated heterocycles. The summed E-state index contributed by atoms with van der Waals surface area (Å²) in [5, 5.41) is 0. The van der Waals surface area contributed by atoms with Gasteiger partial charge in [0.1, 0.15) is 5.75 Å². The summed E-state index contributed by atoms with van der Waals surface area (Å²) in [7, 11) is 0. The zero-order chi connectivity index (χ0) is 20.3. The molecule has 2 aromatic rings. The van der Waals surface area contributed by atoms with E-state index in [0.717, 1.165) is 69.1 Å². The van der Waals surface area contributed by atoms with E-state index in [1.807, 2.05) is 0 Å². The maximum atomic E-state index is 12.7. The molecule has 1 aliphatic heterocycles. The molecular formula is C23H27F3N2O. The fraction of sp³-hybridized carbons (Fsp3) is 0.478. The second-order valence-corrected chi connectivity index (χ2v) is 7.86. The summed E-state index contributed by atoms with van der Waals surface area (Å²) in [6, 6.07) is 11.9. The highest BCUT2D eigenvalue weighted by Gasteiger charge is 2.30. The molecule has 3 nitrogen and oxygen atoms in total. The fourth-order valence-electron chi connectivity index (χ4n) is 4.21. The van der Waals surface area contributed by atoms with Crippen molar-refractivity contribution in [2.75, 3.05) is 44.2 Å². The first-order chi connectivity index (χ1) is 14.0. The average molecular weight is 404 g/mol. The molecule has 1 heterocycles. The van der Waals surface area contributed by atoms with Gasteiger partial charge in [0.25, 0.3) is 0 Å². The van der Waals surface area contributed by atoms with Gasteiger partial charge in [-0.05, 0) is 73.2 Å². The van der Waals surface area contributed by atoms with Crippen molar-refractivity contribution in [2.24, 2.45) is 0 Å². The number of alkyl halides is 3. The van der Waals surface area contributed by atoms with Crippen molar-refractivity contribution < 1.29 is 17.9 Å². The molecule has 0 radical (unpaired) electrons. The highest BCUT2D eigenvalue weighted by Crippen LogP contribution is 2.31. The minimum absolute atomic E-state index is 0.594. The van der Waals surface area contributed by atoms with Crippen molar-refractivity contribution in [3.05, 3.63) is 59.2 Å². The van der Waals surface area contributed by atoms with Gasteiger partial charge in [-0.2, -0.15) is 13.2 Å². The molecule has 29 heavy (non-hydrogen) atoms. The third kappa shape index (κ3) is 5.04. The number of piperazine rings is 1. The standard InChI is InChI=1S/C23H27F3N2O/c24-23(25,26)20-6-8-21(9-7-20)28-14-12-27(13-15-28)11-2-16-29-22-10-5-18-3-1-4-19(18)17-22/h5-10,17H,1-4,11-16H2. The Hall–Kier alpha value is -2.21. The first-order valence-corrected chi connectivity index (χ1v) is 10.4. The van der Waals surface area contributed by atoms with E-state index in [-0.39, 0.29) is 0 Å². The summed E-state index contributed by atoms with van der Waals surface area (Å²) in [6.07, 6.45) is 0.289. The number of hydrogen-bond donors (Lipinski definition) is 0. The van der Waals surface area contributed by atoms with Crippen molar-refractivity contribution in [2.45, 2.75) is 31.9 Å². The van der Waals surface area contributed by atoms with Gasteiger partial charge in [-0.25, -0.2) is 0 Å². The van der Waals surface area contributed by atoms with Crippen LogP contribution in [0.4, 0.5) is 18.9 Å². The number of hydrogen-bond acceptors (Lipinski definition) is 3. The summed E-state index contributed by atoms with van der Waals surface area (Å²) in [6.45, 7) is 5.18. The molecule has 2 aromatic carbocycles. The van der Waals surface area contributed by atoms with E-state index in [4.69, 9.17) is 4.74 Å². The first-order valence-electron chi connectivity index (χ1n) is 10.4. The van der Waals surface area contributed by atoms with Crippen LogP contribution in [-0.2, 0) is 19.0 Å². The van der Waals surface area contributed by atoms with Gasteiger partial charge in [0, 0.05) is 38.4 Å². The van der Waals surface area contributed by atoms with Gasteiger partial charge < -0.3 is 9.64 Å². The topological polar surface area (TPSA) is 15.7 Å². The van der Waals surface area contributed by atoms with E-state index in [2.05, 4.69) is 28.0 Å². The van der Waals surface area contributed by atoms with Gasteiger partial charge in [0.05, 0.1) is 12.2 Å². The van der Waals surface area contributed by atoms with Crippen LogP contribution in [0.5, 0.6) is 5.75 Å². The van der Waals surface area contributed by atoms with Gasteiger partial charge in [-0.3, -0.25) is 4.90 Å². The predicted molar refractivity (Wildman–Crippen MR) is 109 cm³/mol. The van der Waals surface area contributed by atoms with Crippen LogP contribution in [0.15, 0.2) is 42.5 Å². The van der Waals surface area contributed by atoms with Gasteiger partial charge in [-0.15, -0.1) is 0 Å². The molecule has 1 aliphatic carbocycles. The van der Waals surface area contributed by atoms with Gasteiger partial charge in [0.15, 0.2) is 0 Å². The Labute approximate surface area is 170 Å². The lowest BCUT2D eigenvalue weighted by Crippen LogP contribution is -2.46. The van der Waals surface area contributed by atoms with Crippen molar-refractivity contribution >= 4 is 5.69 Å². The molecule has 0 atom stereocenters. The molecule has 4 rings (SSSR count). The minimum atomic E-state index is -4.28. The Morgan fingerprint density at radius 3 is 2.31 bits per heavy atom. The van der Waals surface area contributed by atoms with Crippen LogP contribution in [0.1, 0.15) is 29.5 Å². The molecule has 0 spiro atoms. The number of nitrogens with zero attached hydrogens (tertiary/aromatic N) is 2. The Morgan fingerprint density at radius 2 is 1.59 bits per heavy atom. The molecule has 0 unspecified atom stereocenters. The quantitative estimate of drug-likeness (QED) is 0.644. The molecule has 0 aromatic heterocycles. The largest absolute Gasteiger partial charge is 0.494 e. The summed E-state index contributed by atoms with van der Waals surface area (Å²) >= 11 is 0. The number of ether oxygens (including phenoxy) is 1. The van der Waals surface area contributed by atoms with Crippen LogP contribution in [0.2, 0.25) is 0 Å². The molecule has 156 valence electrons. The van der Waals surface area contributed by atoms with E-state index in [0.29, 0.717) is 6.61 Å². The van der Waals surface area contributed by atoms with Crippen LogP contribution < -0.4 is 9.64 Å². The van der Waals surface area contributed by atoms with Crippen LogP contribution >= 0.6 is 0 Å². The molecule has 1 fully saturated rings. The molecule has 2 aliphatic rings. The predicted octanol–water partition coefficient (Wildman–Crippen LogP) is 4.79. The number of rotatable bonds is 6. The lowest BCUT2D eigenvalue weighted by molar-refractivity contribution is -0.137.